The fraction of sp³-hybridized carbons (Fsp3) is 0.917. The van der Waals surface area contributed by atoms with E-state index in [-0.39, 0.29) is 6.09 Å². The van der Waals surface area contributed by atoms with Gasteiger partial charge in [-0.1, -0.05) is 0 Å². The molecule has 0 bridgehead atoms. The van der Waals surface area contributed by atoms with E-state index >= 15 is 0 Å². The van der Waals surface area contributed by atoms with Crippen LogP contribution < -0.4 is 10.6 Å². The predicted octanol–water partition coefficient (Wildman–Crippen LogP) is 1.51. The molecule has 2 aliphatic rings. The largest absolute Gasteiger partial charge is 0.444 e. The maximum Gasteiger partial charge on any atom is 0.407 e. The molecule has 16 heavy (non-hydrogen) atoms. The number of hydrogen-bond acceptors (Lipinski definition) is 3. The Hall–Kier alpha value is -0.770. The first-order chi connectivity index (χ1) is 7.44. The second-order valence-corrected chi connectivity index (χ2v) is 5.99. The first kappa shape index (κ1) is 11.7. The van der Waals surface area contributed by atoms with Crippen molar-refractivity contribution in [2.45, 2.75) is 45.3 Å². The molecule has 2 N–H and O–H groups in total. The molecule has 0 aromatic rings. The van der Waals surface area contributed by atoms with Crippen LogP contribution in [0.3, 0.4) is 0 Å². The Morgan fingerprint density at radius 3 is 2.31 bits per heavy atom. The number of carbonyl (C=O) groups excluding carboxylic acids is 1. The molecule has 4 heteroatoms. The zero-order valence-corrected chi connectivity index (χ0v) is 10.4. The maximum atomic E-state index is 11.5. The first-order valence-corrected chi connectivity index (χ1v) is 6.14. The van der Waals surface area contributed by atoms with Crippen LogP contribution >= 0.6 is 0 Å². The molecule has 0 aromatic carbocycles. The molecular formula is C12H22N2O2. The van der Waals surface area contributed by atoms with Crippen LogP contribution in [-0.2, 0) is 4.74 Å². The summed E-state index contributed by atoms with van der Waals surface area (Å²) in [5, 5.41) is 6.21. The van der Waals surface area contributed by atoms with Crippen molar-refractivity contribution < 1.29 is 9.53 Å². The minimum atomic E-state index is -0.398. The van der Waals surface area contributed by atoms with E-state index in [2.05, 4.69) is 10.6 Å². The van der Waals surface area contributed by atoms with Gasteiger partial charge in [0.25, 0.3) is 0 Å². The van der Waals surface area contributed by atoms with E-state index < -0.39 is 5.60 Å². The molecule has 1 heterocycles. The molecule has 0 atom stereocenters. The fourth-order valence-electron chi connectivity index (χ4n) is 2.28. The van der Waals surface area contributed by atoms with Crippen molar-refractivity contribution in [1.82, 2.24) is 10.6 Å². The minimum absolute atomic E-state index is 0.275. The van der Waals surface area contributed by atoms with Gasteiger partial charge in [0.15, 0.2) is 0 Å². The molecule has 0 radical (unpaired) electrons. The Balaban J connectivity index is 1.63. The van der Waals surface area contributed by atoms with Crippen LogP contribution in [0.25, 0.3) is 0 Å². The number of amides is 1. The van der Waals surface area contributed by atoms with E-state index in [9.17, 15) is 4.79 Å². The molecular weight excluding hydrogens is 204 g/mol. The van der Waals surface area contributed by atoms with Gasteiger partial charge in [0.05, 0.1) is 0 Å². The summed E-state index contributed by atoms with van der Waals surface area (Å²) in [7, 11) is 0. The summed E-state index contributed by atoms with van der Waals surface area (Å²) in [6.45, 7) is 7.97. The van der Waals surface area contributed by atoms with Crippen LogP contribution in [0.5, 0.6) is 0 Å². The third-order valence-corrected chi connectivity index (χ3v) is 3.38. The normalized spacial score (nSPS) is 30.2. The lowest BCUT2D eigenvalue weighted by Gasteiger charge is -2.44. The van der Waals surface area contributed by atoms with E-state index in [0.717, 1.165) is 37.8 Å². The zero-order chi connectivity index (χ0) is 11.8. The topological polar surface area (TPSA) is 50.4 Å². The Kier molecular flexibility index (Phi) is 3.10. The Morgan fingerprint density at radius 2 is 1.88 bits per heavy atom. The van der Waals surface area contributed by atoms with Crippen molar-refractivity contribution >= 4 is 6.09 Å². The summed E-state index contributed by atoms with van der Waals surface area (Å²) in [6, 6.07) is 0.334. The highest BCUT2D eigenvalue weighted by Crippen LogP contribution is 2.35. The molecule has 4 nitrogen and oxygen atoms in total. The monoisotopic (exact) mass is 226 g/mol. The van der Waals surface area contributed by atoms with E-state index in [0.29, 0.717) is 6.04 Å². The summed E-state index contributed by atoms with van der Waals surface area (Å²) in [5.74, 6) is 1.65. The molecule has 1 aliphatic carbocycles. The minimum Gasteiger partial charge on any atom is -0.444 e. The first-order valence-electron chi connectivity index (χ1n) is 6.14. The lowest BCUT2D eigenvalue weighted by Crippen LogP contribution is -2.54. The van der Waals surface area contributed by atoms with Crippen LogP contribution in [0.1, 0.15) is 33.6 Å². The van der Waals surface area contributed by atoms with Gasteiger partial charge in [-0.2, -0.15) is 0 Å². The van der Waals surface area contributed by atoms with Crippen LogP contribution in [0.15, 0.2) is 0 Å². The second kappa shape index (κ2) is 4.24. The average molecular weight is 226 g/mol. The number of carbonyl (C=O) groups is 1. The van der Waals surface area contributed by atoms with Gasteiger partial charge in [-0.15, -0.1) is 0 Å². The van der Waals surface area contributed by atoms with Gasteiger partial charge in [0.2, 0.25) is 0 Å². The number of nitrogens with one attached hydrogen (secondary N) is 2. The quantitative estimate of drug-likeness (QED) is 0.750. The summed E-state index contributed by atoms with van der Waals surface area (Å²) in [4.78, 5) is 11.5. The van der Waals surface area contributed by atoms with E-state index in [1.807, 2.05) is 20.8 Å². The van der Waals surface area contributed by atoms with Crippen molar-refractivity contribution in [1.29, 1.82) is 0 Å². The summed E-state index contributed by atoms with van der Waals surface area (Å²) in [5.41, 5.74) is -0.398. The highest BCUT2D eigenvalue weighted by Gasteiger charge is 2.38. The lowest BCUT2D eigenvalue weighted by atomic mass is 9.70. The molecule has 0 unspecified atom stereocenters. The van der Waals surface area contributed by atoms with Gasteiger partial charge in [-0.3, -0.25) is 0 Å². The van der Waals surface area contributed by atoms with Crippen molar-refractivity contribution in [2.24, 2.45) is 11.8 Å². The fourth-order valence-corrected chi connectivity index (χ4v) is 2.28. The van der Waals surface area contributed by atoms with Crippen LogP contribution in [-0.4, -0.2) is 30.8 Å². The van der Waals surface area contributed by atoms with Gasteiger partial charge < -0.3 is 15.4 Å². The van der Waals surface area contributed by atoms with Crippen molar-refractivity contribution in [3.8, 4) is 0 Å². The van der Waals surface area contributed by atoms with E-state index in [1.165, 1.54) is 0 Å². The Labute approximate surface area is 97.1 Å². The van der Waals surface area contributed by atoms with Gasteiger partial charge in [0.1, 0.15) is 5.60 Å². The van der Waals surface area contributed by atoms with Gasteiger partial charge >= 0.3 is 6.09 Å². The third kappa shape index (κ3) is 2.88. The highest BCUT2D eigenvalue weighted by molar-refractivity contribution is 5.68. The Bertz CT molecular complexity index is 263. The molecule has 2 fully saturated rings. The number of alkyl carbamates (subject to hydrolysis) is 1. The second-order valence-electron chi connectivity index (χ2n) is 5.99. The van der Waals surface area contributed by atoms with Gasteiger partial charge in [-0.05, 0) is 58.5 Å². The highest BCUT2D eigenvalue weighted by atomic mass is 16.6. The SMILES string of the molecule is CC(C)(C)OC(=O)NC1CC(C2CNC2)C1. The Morgan fingerprint density at radius 1 is 1.25 bits per heavy atom. The van der Waals surface area contributed by atoms with Crippen LogP contribution in [0.4, 0.5) is 4.79 Å². The summed E-state index contributed by atoms with van der Waals surface area (Å²) in [6.07, 6.45) is 1.96. The number of hydrogen-bond donors (Lipinski definition) is 2. The van der Waals surface area contributed by atoms with Crippen molar-refractivity contribution in [3.63, 3.8) is 0 Å². The van der Waals surface area contributed by atoms with Gasteiger partial charge in [0, 0.05) is 6.04 Å². The van der Waals surface area contributed by atoms with Crippen molar-refractivity contribution in [3.05, 3.63) is 0 Å². The molecule has 1 saturated heterocycles. The van der Waals surface area contributed by atoms with Gasteiger partial charge in [-0.25, -0.2) is 4.79 Å². The standard InChI is InChI=1S/C12H22N2O2/c1-12(2,3)16-11(15)14-10-4-8(5-10)9-6-13-7-9/h8-10,13H,4-7H2,1-3H3,(H,14,15). The van der Waals surface area contributed by atoms with Crippen LogP contribution in [0.2, 0.25) is 0 Å². The molecule has 1 amide bonds. The maximum absolute atomic E-state index is 11.5. The number of rotatable bonds is 2. The molecule has 92 valence electrons. The number of ether oxygens (including phenoxy) is 1. The zero-order valence-electron chi connectivity index (χ0n) is 10.4. The van der Waals surface area contributed by atoms with Crippen LogP contribution in [0, 0.1) is 11.8 Å². The summed E-state index contributed by atoms with van der Waals surface area (Å²) >= 11 is 0. The predicted molar refractivity (Wildman–Crippen MR) is 62.2 cm³/mol. The summed E-state index contributed by atoms with van der Waals surface area (Å²) < 4.78 is 5.22. The smallest absolute Gasteiger partial charge is 0.407 e. The average Bonchev–Trinajstić information content (AvgIpc) is 1.92. The third-order valence-electron chi connectivity index (χ3n) is 3.38. The van der Waals surface area contributed by atoms with E-state index in [4.69, 9.17) is 4.74 Å². The molecule has 2 rings (SSSR count). The van der Waals surface area contributed by atoms with E-state index in [1.54, 1.807) is 0 Å². The molecule has 0 spiro atoms. The molecule has 1 saturated carbocycles. The molecule has 0 aromatic heterocycles. The lowest BCUT2D eigenvalue weighted by molar-refractivity contribution is 0.0397. The van der Waals surface area contributed by atoms with Crippen molar-refractivity contribution in [2.75, 3.05) is 13.1 Å². The molecule has 1 aliphatic heterocycles.